The molecule has 1 N–H and O–H groups in total. The number of nitrogens with zero attached hydrogens (tertiary/aromatic N) is 2. The molecular weight excluding hydrogens is 567 g/mol. The summed E-state index contributed by atoms with van der Waals surface area (Å²) in [5.74, 6) is -1.14. The van der Waals surface area contributed by atoms with E-state index in [1.165, 1.54) is 35.2 Å². The molecule has 0 aliphatic carbocycles. The summed E-state index contributed by atoms with van der Waals surface area (Å²) >= 11 is 0. The predicted octanol–water partition coefficient (Wildman–Crippen LogP) is 5.93. The quantitative estimate of drug-likeness (QED) is 0.278. The van der Waals surface area contributed by atoms with E-state index in [-0.39, 0.29) is 29.6 Å². The number of alkyl halides is 3. The highest BCUT2D eigenvalue weighted by molar-refractivity contribution is 7.92. The number of hydrogen-bond donors (Lipinski definition) is 1. The molecule has 0 unspecified atom stereocenters. The van der Waals surface area contributed by atoms with Gasteiger partial charge in [0.15, 0.2) is 0 Å². The molecular formula is C31H36F3N3O4S. The Morgan fingerprint density at radius 1 is 0.905 bits per heavy atom. The maximum Gasteiger partial charge on any atom is 0.416 e. The van der Waals surface area contributed by atoms with Crippen LogP contribution >= 0.6 is 0 Å². The van der Waals surface area contributed by atoms with Crippen LogP contribution in [0.2, 0.25) is 0 Å². The monoisotopic (exact) mass is 603 g/mol. The Morgan fingerprint density at radius 3 is 2.17 bits per heavy atom. The molecule has 0 aliphatic rings. The van der Waals surface area contributed by atoms with Crippen LogP contribution in [0.3, 0.4) is 0 Å². The first-order valence-corrected chi connectivity index (χ1v) is 15.1. The van der Waals surface area contributed by atoms with E-state index in [0.29, 0.717) is 16.8 Å². The van der Waals surface area contributed by atoms with E-state index in [1.54, 1.807) is 19.1 Å². The fourth-order valence-corrected chi connectivity index (χ4v) is 5.88. The Balaban J connectivity index is 2.11. The molecule has 0 fully saturated rings. The number of amides is 2. The van der Waals surface area contributed by atoms with Gasteiger partial charge in [-0.25, -0.2) is 8.42 Å². The summed E-state index contributed by atoms with van der Waals surface area (Å²) in [6, 6.07) is 17.2. The Labute approximate surface area is 245 Å². The maximum absolute atomic E-state index is 14.1. The fraction of sp³-hybridized carbons (Fsp3) is 0.355. The van der Waals surface area contributed by atoms with Crippen molar-refractivity contribution in [2.45, 2.75) is 70.2 Å². The van der Waals surface area contributed by atoms with Gasteiger partial charge >= 0.3 is 6.18 Å². The summed E-state index contributed by atoms with van der Waals surface area (Å²) in [7, 11) is -4.48. The highest BCUT2D eigenvalue weighted by Crippen LogP contribution is 2.33. The largest absolute Gasteiger partial charge is 0.416 e. The second-order valence-electron chi connectivity index (χ2n) is 10.1. The minimum atomic E-state index is -4.74. The van der Waals surface area contributed by atoms with Gasteiger partial charge in [-0.1, -0.05) is 67.9 Å². The number of carbonyl (C=O) groups is 2. The van der Waals surface area contributed by atoms with Gasteiger partial charge in [0.25, 0.3) is 10.0 Å². The van der Waals surface area contributed by atoms with E-state index < -0.39 is 46.2 Å². The van der Waals surface area contributed by atoms with Crippen molar-refractivity contribution in [1.82, 2.24) is 10.2 Å². The molecule has 0 heterocycles. The lowest BCUT2D eigenvalue weighted by atomic mass is 10.1. The summed E-state index contributed by atoms with van der Waals surface area (Å²) in [5.41, 5.74) is 0.259. The molecule has 2 atom stereocenters. The Hall–Kier alpha value is -3.86. The van der Waals surface area contributed by atoms with E-state index >= 15 is 0 Å². The topological polar surface area (TPSA) is 86.8 Å². The highest BCUT2D eigenvalue weighted by Gasteiger charge is 2.36. The third-order valence-corrected chi connectivity index (χ3v) is 8.68. The number of nitrogens with one attached hydrogen (secondary N) is 1. The summed E-state index contributed by atoms with van der Waals surface area (Å²) in [6.07, 6.45) is -3.85. The van der Waals surface area contributed by atoms with Crippen molar-refractivity contribution in [2.75, 3.05) is 10.8 Å². The Kier molecular flexibility index (Phi) is 10.8. The second kappa shape index (κ2) is 13.9. The van der Waals surface area contributed by atoms with Crippen molar-refractivity contribution >= 4 is 27.5 Å². The zero-order chi connectivity index (χ0) is 31.1. The van der Waals surface area contributed by atoms with E-state index in [9.17, 15) is 31.2 Å². The molecule has 3 rings (SSSR count). The smallest absolute Gasteiger partial charge is 0.352 e. The number of hydrogen-bond acceptors (Lipinski definition) is 4. The minimum Gasteiger partial charge on any atom is -0.352 e. The SMILES string of the molecule is CC[C@@H](C)NC(=O)[C@@H](CC)N(Cc1cccc(C)c1)C(=O)CN(c1cccc(C(F)(F)F)c1)S(=O)(=O)c1ccccc1. The first-order chi connectivity index (χ1) is 19.8. The first kappa shape index (κ1) is 32.7. The van der Waals surface area contributed by atoms with Crippen LogP contribution in [0, 0.1) is 6.92 Å². The molecule has 3 aromatic carbocycles. The van der Waals surface area contributed by atoms with Crippen LogP contribution in [0.25, 0.3) is 0 Å². The van der Waals surface area contributed by atoms with Crippen LogP contribution in [0.15, 0.2) is 83.8 Å². The summed E-state index contributed by atoms with van der Waals surface area (Å²) in [6.45, 7) is 6.53. The summed E-state index contributed by atoms with van der Waals surface area (Å²) in [4.78, 5) is 28.5. The van der Waals surface area contributed by atoms with Gasteiger partial charge in [-0.2, -0.15) is 13.2 Å². The van der Waals surface area contributed by atoms with E-state index in [4.69, 9.17) is 0 Å². The maximum atomic E-state index is 14.1. The third-order valence-electron chi connectivity index (χ3n) is 6.89. The normalized spacial score (nSPS) is 13.2. The van der Waals surface area contributed by atoms with Gasteiger partial charge in [0.05, 0.1) is 16.1 Å². The number of anilines is 1. The van der Waals surface area contributed by atoms with E-state index in [2.05, 4.69) is 5.32 Å². The van der Waals surface area contributed by atoms with Gasteiger partial charge in [-0.05, 0) is 62.6 Å². The van der Waals surface area contributed by atoms with Crippen LogP contribution in [-0.2, 0) is 32.3 Å². The lowest BCUT2D eigenvalue weighted by molar-refractivity contribution is -0.140. The van der Waals surface area contributed by atoms with Crippen molar-refractivity contribution in [3.05, 3.63) is 95.6 Å². The number of carbonyl (C=O) groups excluding carboxylic acids is 2. The van der Waals surface area contributed by atoms with Crippen molar-refractivity contribution in [2.24, 2.45) is 0 Å². The molecule has 7 nitrogen and oxygen atoms in total. The van der Waals surface area contributed by atoms with Crippen molar-refractivity contribution in [3.63, 3.8) is 0 Å². The molecule has 0 aliphatic heterocycles. The van der Waals surface area contributed by atoms with Gasteiger partial charge in [0.1, 0.15) is 12.6 Å². The Bertz CT molecular complexity index is 1480. The number of sulfonamides is 1. The van der Waals surface area contributed by atoms with Crippen LogP contribution in [-0.4, -0.2) is 43.8 Å². The zero-order valence-electron chi connectivity index (χ0n) is 24.1. The molecule has 0 saturated carbocycles. The van der Waals surface area contributed by atoms with E-state index in [1.807, 2.05) is 39.0 Å². The lowest BCUT2D eigenvalue weighted by Gasteiger charge is -2.34. The van der Waals surface area contributed by atoms with Gasteiger partial charge < -0.3 is 10.2 Å². The Morgan fingerprint density at radius 2 is 1.57 bits per heavy atom. The minimum absolute atomic E-state index is 0.00520. The molecule has 0 saturated heterocycles. The molecule has 11 heteroatoms. The molecule has 226 valence electrons. The molecule has 2 amide bonds. The number of benzene rings is 3. The van der Waals surface area contributed by atoms with Crippen LogP contribution in [0.1, 0.15) is 50.3 Å². The van der Waals surface area contributed by atoms with Crippen molar-refractivity contribution < 1.29 is 31.2 Å². The summed E-state index contributed by atoms with van der Waals surface area (Å²) < 4.78 is 69.1. The van der Waals surface area contributed by atoms with Gasteiger partial charge in [0, 0.05) is 12.6 Å². The average molecular weight is 604 g/mol. The van der Waals surface area contributed by atoms with Crippen LogP contribution in [0.5, 0.6) is 0 Å². The first-order valence-electron chi connectivity index (χ1n) is 13.7. The molecule has 0 aromatic heterocycles. The van der Waals surface area contributed by atoms with Crippen LogP contribution in [0.4, 0.5) is 18.9 Å². The standard InChI is InChI=1S/C31H36F3N3O4S/c1-5-23(4)35-30(39)28(6-2)36(20-24-13-10-12-22(3)18-24)29(38)21-37(42(40,41)27-16-8-7-9-17-27)26-15-11-14-25(19-26)31(32,33)34/h7-19,23,28H,5-6,20-21H2,1-4H3,(H,35,39)/t23-,28-/m1/s1. The van der Waals surface area contributed by atoms with Gasteiger partial charge in [0.2, 0.25) is 11.8 Å². The molecule has 3 aromatic rings. The van der Waals surface area contributed by atoms with Gasteiger partial charge in [-0.15, -0.1) is 0 Å². The molecule has 0 radical (unpaired) electrons. The summed E-state index contributed by atoms with van der Waals surface area (Å²) in [5, 5.41) is 2.89. The average Bonchev–Trinajstić information content (AvgIpc) is 2.95. The highest BCUT2D eigenvalue weighted by atomic mass is 32.2. The third kappa shape index (κ3) is 8.12. The molecule has 0 spiro atoms. The lowest BCUT2D eigenvalue weighted by Crippen LogP contribution is -2.53. The van der Waals surface area contributed by atoms with Crippen molar-refractivity contribution in [1.29, 1.82) is 0 Å². The predicted molar refractivity (Wildman–Crippen MR) is 156 cm³/mol. The van der Waals surface area contributed by atoms with Crippen molar-refractivity contribution in [3.8, 4) is 0 Å². The molecule has 0 bridgehead atoms. The number of aryl methyl sites for hydroxylation is 1. The molecule has 42 heavy (non-hydrogen) atoms. The van der Waals surface area contributed by atoms with Crippen LogP contribution < -0.4 is 9.62 Å². The number of rotatable bonds is 12. The van der Waals surface area contributed by atoms with Gasteiger partial charge in [-0.3, -0.25) is 13.9 Å². The number of halogens is 3. The fourth-order valence-electron chi connectivity index (χ4n) is 4.45. The second-order valence-corrected chi connectivity index (χ2v) is 12.0. The van der Waals surface area contributed by atoms with E-state index in [0.717, 1.165) is 23.3 Å². The zero-order valence-corrected chi connectivity index (χ0v) is 24.9.